The lowest BCUT2D eigenvalue weighted by Crippen LogP contribution is -2.07. The fourth-order valence-corrected chi connectivity index (χ4v) is 2.16. The van der Waals surface area contributed by atoms with Crippen molar-refractivity contribution in [3.63, 3.8) is 0 Å². The summed E-state index contributed by atoms with van der Waals surface area (Å²) in [5, 5.41) is 9.72. The van der Waals surface area contributed by atoms with E-state index in [4.69, 9.17) is 5.11 Å². The summed E-state index contributed by atoms with van der Waals surface area (Å²) in [6.07, 6.45) is 0. The first-order valence-electron chi connectivity index (χ1n) is 4.39. The second-order valence-electron chi connectivity index (χ2n) is 3.38. The van der Waals surface area contributed by atoms with Gasteiger partial charge in [0.15, 0.2) is 5.13 Å². The molecule has 1 aromatic heterocycles. The highest BCUT2D eigenvalue weighted by Gasteiger charge is 2.08. The Morgan fingerprint density at radius 3 is 2.80 bits per heavy atom. The number of fused-ring (bicyclic) bond motifs is 1. The molecule has 78 valence electrons. The Kier molecular flexibility index (Phi) is 2.32. The van der Waals surface area contributed by atoms with Crippen molar-refractivity contribution in [3.8, 4) is 0 Å². The number of carbonyl (C=O) groups is 1. The van der Waals surface area contributed by atoms with E-state index in [1.165, 1.54) is 11.3 Å². The second kappa shape index (κ2) is 3.51. The van der Waals surface area contributed by atoms with Crippen LogP contribution in [0.25, 0.3) is 10.2 Å². The van der Waals surface area contributed by atoms with Gasteiger partial charge in [0, 0.05) is 14.1 Å². The molecule has 5 heteroatoms. The summed E-state index contributed by atoms with van der Waals surface area (Å²) < 4.78 is 0.901. The standard InChI is InChI=1S/C10H10N2O2S/c1-12(2)10-11-7-4-3-6(9(13)14)5-8(7)15-10/h3-5H,1-2H3,(H,13,14). The van der Waals surface area contributed by atoms with Gasteiger partial charge in [-0.3, -0.25) is 0 Å². The van der Waals surface area contributed by atoms with Gasteiger partial charge in [-0.15, -0.1) is 0 Å². The fourth-order valence-electron chi connectivity index (χ4n) is 1.24. The van der Waals surface area contributed by atoms with E-state index < -0.39 is 5.97 Å². The van der Waals surface area contributed by atoms with Gasteiger partial charge in [0.25, 0.3) is 0 Å². The van der Waals surface area contributed by atoms with Crippen molar-refractivity contribution in [2.45, 2.75) is 0 Å². The number of aromatic nitrogens is 1. The Morgan fingerprint density at radius 1 is 1.47 bits per heavy atom. The van der Waals surface area contributed by atoms with Gasteiger partial charge in [0.05, 0.1) is 15.8 Å². The number of aromatic carboxylic acids is 1. The molecule has 0 aliphatic carbocycles. The van der Waals surface area contributed by atoms with Gasteiger partial charge < -0.3 is 10.0 Å². The van der Waals surface area contributed by atoms with E-state index in [1.807, 2.05) is 19.0 Å². The van der Waals surface area contributed by atoms with Crippen molar-refractivity contribution in [2.75, 3.05) is 19.0 Å². The molecule has 0 aliphatic rings. The summed E-state index contributed by atoms with van der Waals surface area (Å²) in [4.78, 5) is 17.0. The van der Waals surface area contributed by atoms with Crippen molar-refractivity contribution in [1.82, 2.24) is 4.98 Å². The Labute approximate surface area is 90.8 Å². The Bertz CT molecular complexity index is 519. The predicted molar refractivity (Wildman–Crippen MR) is 60.9 cm³/mol. The Hall–Kier alpha value is -1.62. The van der Waals surface area contributed by atoms with E-state index >= 15 is 0 Å². The summed E-state index contributed by atoms with van der Waals surface area (Å²) in [7, 11) is 3.83. The van der Waals surface area contributed by atoms with Gasteiger partial charge in [0.1, 0.15) is 0 Å². The zero-order chi connectivity index (χ0) is 11.0. The Balaban J connectivity index is 2.57. The molecule has 0 spiro atoms. The van der Waals surface area contributed by atoms with E-state index in [9.17, 15) is 4.79 Å². The van der Waals surface area contributed by atoms with E-state index in [1.54, 1.807) is 18.2 Å². The van der Waals surface area contributed by atoms with Crippen LogP contribution in [0.4, 0.5) is 5.13 Å². The molecule has 0 atom stereocenters. The van der Waals surface area contributed by atoms with E-state index in [0.29, 0.717) is 5.56 Å². The molecule has 1 aromatic carbocycles. The molecule has 0 saturated heterocycles. The van der Waals surface area contributed by atoms with Crippen molar-refractivity contribution in [1.29, 1.82) is 0 Å². The van der Waals surface area contributed by atoms with Crippen LogP contribution >= 0.6 is 11.3 Å². The third-order valence-corrected chi connectivity index (χ3v) is 3.19. The minimum absolute atomic E-state index is 0.302. The molecule has 0 radical (unpaired) electrons. The van der Waals surface area contributed by atoms with Gasteiger partial charge in [-0.2, -0.15) is 0 Å². The predicted octanol–water partition coefficient (Wildman–Crippen LogP) is 2.06. The molecule has 0 fully saturated rings. The molecule has 4 nitrogen and oxygen atoms in total. The second-order valence-corrected chi connectivity index (χ2v) is 4.39. The van der Waals surface area contributed by atoms with Crippen LogP contribution < -0.4 is 4.90 Å². The van der Waals surface area contributed by atoms with Crippen LogP contribution in [0.2, 0.25) is 0 Å². The number of hydrogen-bond donors (Lipinski definition) is 1. The van der Waals surface area contributed by atoms with Crippen molar-refractivity contribution < 1.29 is 9.90 Å². The van der Waals surface area contributed by atoms with Gasteiger partial charge in [0.2, 0.25) is 0 Å². The molecule has 2 rings (SSSR count). The minimum Gasteiger partial charge on any atom is -0.478 e. The van der Waals surface area contributed by atoms with Crippen LogP contribution in [0.5, 0.6) is 0 Å². The highest BCUT2D eigenvalue weighted by Crippen LogP contribution is 2.28. The molecular weight excluding hydrogens is 212 g/mol. The first-order valence-corrected chi connectivity index (χ1v) is 5.21. The van der Waals surface area contributed by atoms with Gasteiger partial charge in [-0.25, -0.2) is 9.78 Å². The lowest BCUT2D eigenvalue weighted by Gasteiger charge is -2.04. The maximum absolute atomic E-state index is 10.8. The molecule has 1 N–H and O–H groups in total. The molecule has 0 bridgehead atoms. The van der Waals surface area contributed by atoms with Gasteiger partial charge >= 0.3 is 5.97 Å². The largest absolute Gasteiger partial charge is 0.478 e. The number of hydrogen-bond acceptors (Lipinski definition) is 4. The third kappa shape index (κ3) is 1.78. The number of rotatable bonds is 2. The smallest absolute Gasteiger partial charge is 0.335 e. The number of anilines is 1. The first kappa shape index (κ1) is 9.92. The number of benzene rings is 1. The summed E-state index contributed by atoms with van der Waals surface area (Å²) in [5.41, 5.74) is 1.14. The SMILES string of the molecule is CN(C)c1nc2ccc(C(=O)O)cc2s1. The molecule has 2 aromatic rings. The van der Waals surface area contributed by atoms with Crippen molar-refractivity contribution in [2.24, 2.45) is 0 Å². The lowest BCUT2D eigenvalue weighted by atomic mass is 10.2. The van der Waals surface area contributed by atoms with Crippen molar-refractivity contribution in [3.05, 3.63) is 23.8 Å². The molecular formula is C10H10N2O2S. The number of carboxylic acids is 1. The minimum atomic E-state index is -0.906. The van der Waals surface area contributed by atoms with Gasteiger partial charge in [-0.1, -0.05) is 11.3 Å². The van der Waals surface area contributed by atoms with Crippen LogP contribution in [0, 0.1) is 0 Å². The zero-order valence-corrected chi connectivity index (χ0v) is 9.21. The molecule has 0 aliphatic heterocycles. The average molecular weight is 222 g/mol. The average Bonchev–Trinajstić information content (AvgIpc) is 2.59. The number of thiazole rings is 1. The fraction of sp³-hybridized carbons (Fsp3) is 0.200. The van der Waals surface area contributed by atoms with Gasteiger partial charge in [-0.05, 0) is 18.2 Å². The maximum atomic E-state index is 10.8. The number of nitrogens with zero attached hydrogens (tertiary/aromatic N) is 2. The van der Waals surface area contributed by atoms with Crippen LogP contribution in [0.3, 0.4) is 0 Å². The van der Waals surface area contributed by atoms with Crippen LogP contribution in [0.1, 0.15) is 10.4 Å². The van der Waals surface area contributed by atoms with E-state index in [2.05, 4.69) is 4.98 Å². The molecule has 0 saturated carbocycles. The number of carboxylic acid groups (broad SMARTS) is 1. The van der Waals surface area contributed by atoms with Crippen LogP contribution in [-0.4, -0.2) is 30.2 Å². The zero-order valence-electron chi connectivity index (χ0n) is 8.39. The van der Waals surface area contributed by atoms with Crippen LogP contribution in [0.15, 0.2) is 18.2 Å². The van der Waals surface area contributed by atoms with E-state index in [-0.39, 0.29) is 0 Å². The lowest BCUT2D eigenvalue weighted by molar-refractivity contribution is 0.0697. The van der Waals surface area contributed by atoms with E-state index in [0.717, 1.165) is 15.3 Å². The summed E-state index contributed by atoms with van der Waals surface area (Å²) in [5.74, 6) is -0.906. The topological polar surface area (TPSA) is 53.4 Å². The molecule has 15 heavy (non-hydrogen) atoms. The quantitative estimate of drug-likeness (QED) is 0.845. The molecule has 0 unspecified atom stereocenters. The highest BCUT2D eigenvalue weighted by atomic mass is 32.1. The third-order valence-electron chi connectivity index (χ3n) is 2.01. The van der Waals surface area contributed by atoms with Crippen molar-refractivity contribution >= 4 is 32.7 Å². The summed E-state index contributed by atoms with van der Waals surface area (Å²) in [6.45, 7) is 0. The molecule has 0 amide bonds. The first-order chi connectivity index (χ1) is 7.08. The summed E-state index contributed by atoms with van der Waals surface area (Å²) in [6, 6.07) is 4.97. The summed E-state index contributed by atoms with van der Waals surface area (Å²) >= 11 is 1.49. The maximum Gasteiger partial charge on any atom is 0.335 e. The Morgan fingerprint density at radius 2 is 2.20 bits per heavy atom. The monoisotopic (exact) mass is 222 g/mol. The normalized spacial score (nSPS) is 10.5. The highest BCUT2D eigenvalue weighted by molar-refractivity contribution is 7.22. The molecule has 1 heterocycles. The van der Waals surface area contributed by atoms with Crippen LogP contribution in [-0.2, 0) is 0 Å².